The molecule has 0 aliphatic rings. The van der Waals surface area contributed by atoms with Crippen LogP contribution >= 0.6 is 0 Å². The molecule has 1 N–H and O–H groups in total. The third-order valence-corrected chi connectivity index (χ3v) is 3.09. The van der Waals surface area contributed by atoms with E-state index in [1.54, 1.807) is 20.5 Å². The number of rotatable bonds is 5. The fourth-order valence-electron chi connectivity index (χ4n) is 2.07. The molecular weight excluding hydrogens is 254 g/mol. The smallest absolute Gasteiger partial charge is 0.161 e. The van der Waals surface area contributed by atoms with E-state index < -0.39 is 0 Å². The maximum atomic E-state index is 5.33. The van der Waals surface area contributed by atoms with Crippen LogP contribution in [0.15, 0.2) is 24.5 Å². The summed E-state index contributed by atoms with van der Waals surface area (Å²) in [5, 5.41) is 3.23. The number of ether oxygens (including phenoxy) is 2. The average molecular weight is 273 g/mol. The summed E-state index contributed by atoms with van der Waals surface area (Å²) in [6.45, 7) is 4.87. The van der Waals surface area contributed by atoms with Crippen molar-refractivity contribution in [2.24, 2.45) is 0 Å². The molecule has 5 nitrogen and oxygen atoms in total. The summed E-state index contributed by atoms with van der Waals surface area (Å²) in [4.78, 5) is 8.63. The van der Waals surface area contributed by atoms with Crippen LogP contribution < -0.4 is 14.8 Å². The molecule has 1 aromatic carbocycles. The molecule has 1 heterocycles. The first-order chi connectivity index (χ1) is 9.71. The van der Waals surface area contributed by atoms with Gasteiger partial charge < -0.3 is 14.8 Å². The van der Waals surface area contributed by atoms with E-state index in [0.29, 0.717) is 11.5 Å². The summed E-state index contributed by atoms with van der Waals surface area (Å²) in [6.07, 6.45) is 1.57. The van der Waals surface area contributed by atoms with Crippen LogP contribution in [0.5, 0.6) is 11.5 Å². The SMILES string of the molecule is CCNc1ncnc(-c2ccc(OC)c(OC)c2)c1C. The molecule has 0 spiro atoms. The normalized spacial score (nSPS) is 10.2. The molecule has 0 amide bonds. The van der Waals surface area contributed by atoms with Crippen molar-refractivity contribution in [2.45, 2.75) is 13.8 Å². The summed E-state index contributed by atoms with van der Waals surface area (Å²) in [5.74, 6) is 2.25. The van der Waals surface area contributed by atoms with Gasteiger partial charge in [0.15, 0.2) is 11.5 Å². The minimum absolute atomic E-state index is 0.688. The maximum absolute atomic E-state index is 5.33. The minimum atomic E-state index is 0.688. The number of benzene rings is 1. The van der Waals surface area contributed by atoms with Gasteiger partial charge in [0.05, 0.1) is 19.9 Å². The van der Waals surface area contributed by atoms with E-state index in [1.807, 2.05) is 32.0 Å². The molecule has 20 heavy (non-hydrogen) atoms. The molecule has 2 rings (SSSR count). The Kier molecular flexibility index (Phi) is 4.40. The minimum Gasteiger partial charge on any atom is -0.493 e. The van der Waals surface area contributed by atoms with Crippen LogP contribution in [0.2, 0.25) is 0 Å². The summed E-state index contributed by atoms with van der Waals surface area (Å²) < 4.78 is 10.6. The molecule has 0 saturated heterocycles. The molecule has 0 atom stereocenters. The predicted octanol–water partition coefficient (Wildman–Crippen LogP) is 2.90. The number of anilines is 1. The van der Waals surface area contributed by atoms with E-state index >= 15 is 0 Å². The summed E-state index contributed by atoms with van der Waals surface area (Å²) in [7, 11) is 3.25. The van der Waals surface area contributed by atoms with E-state index in [2.05, 4.69) is 15.3 Å². The number of hydrogen-bond donors (Lipinski definition) is 1. The van der Waals surface area contributed by atoms with Gasteiger partial charge >= 0.3 is 0 Å². The van der Waals surface area contributed by atoms with Gasteiger partial charge in [-0.1, -0.05) is 0 Å². The average Bonchev–Trinajstić information content (AvgIpc) is 2.49. The van der Waals surface area contributed by atoms with Gasteiger partial charge in [-0.05, 0) is 32.0 Å². The van der Waals surface area contributed by atoms with Gasteiger partial charge in [0, 0.05) is 17.7 Å². The van der Waals surface area contributed by atoms with E-state index in [4.69, 9.17) is 9.47 Å². The number of hydrogen-bond acceptors (Lipinski definition) is 5. The van der Waals surface area contributed by atoms with Crippen LogP contribution in [0.3, 0.4) is 0 Å². The van der Waals surface area contributed by atoms with Crippen molar-refractivity contribution in [1.82, 2.24) is 9.97 Å². The van der Waals surface area contributed by atoms with Crippen LogP contribution in [-0.4, -0.2) is 30.7 Å². The van der Waals surface area contributed by atoms with Gasteiger partial charge in [0.25, 0.3) is 0 Å². The van der Waals surface area contributed by atoms with Crippen LogP contribution in [0, 0.1) is 6.92 Å². The molecule has 0 fully saturated rings. The number of methoxy groups -OCH3 is 2. The zero-order chi connectivity index (χ0) is 14.5. The monoisotopic (exact) mass is 273 g/mol. The zero-order valence-electron chi connectivity index (χ0n) is 12.2. The highest BCUT2D eigenvalue weighted by atomic mass is 16.5. The Balaban J connectivity index is 2.48. The molecule has 0 bridgehead atoms. The Bertz CT molecular complexity index is 600. The molecule has 5 heteroatoms. The van der Waals surface area contributed by atoms with Gasteiger partial charge in [-0.15, -0.1) is 0 Å². The molecule has 2 aromatic rings. The molecule has 0 aliphatic carbocycles. The van der Waals surface area contributed by atoms with Crippen molar-refractivity contribution >= 4 is 5.82 Å². The quantitative estimate of drug-likeness (QED) is 0.907. The van der Waals surface area contributed by atoms with Crippen LogP contribution in [-0.2, 0) is 0 Å². The fraction of sp³-hybridized carbons (Fsp3) is 0.333. The molecule has 1 aromatic heterocycles. The summed E-state index contributed by atoms with van der Waals surface area (Å²) in [6, 6.07) is 5.76. The van der Waals surface area contributed by atoms with Gasteiger partial charge in [0.1, 0.15) is 12.1 Å². The van der Waals surface area contributed by atoms with E-state index in [9.17, 15) is 0 Å². The molecular formula is C15H19N3O2. The lowest BCUT2D eigenvalue weighted by Crippen LogP contribution is -2.03. The van der Waals surface area contributed by atoms with Crippen molar-refractivity contribution in [3.63, 3.8) is 0 Å². The number of nitrogens with one attached hydrogen (secondary N) is 1. The molecule has 0 saturated carbocycles. The second-order valence-electron chi connectivity index (χ2n) is 4.30. The zero-order valence-corrected chi connectivity index (χ0v) is 12.2. The molecule has 106 valence electrons. The first-order valence-electron chi connectivity index (χ1n) is 6.49. The maximum Gasteiger partial charge on any atom is 0.161 e. The van der Waals surface area contributed by atoms with Gasteiger partial charge in [0.2, 0.25) is 0 Å². The van der Waals surface area contributed by atoms with Crippen LogP contribution in [0.1, 0.15) is 12.5 Å². The first kappa shape index (κ1) is 14.1. The van der Waals surface area contributed by atoms with Crippen molar-refractivity contribution in [1.29, 1.82) is 0 Å². The van der Waals surface area contributed by atoms with Crippen molar-refractivity contribution in [3.8, 4) is 22.8 Å². The Morgan fingerprint density at radius 1 is 1.10 bits per heavy atom. The molecule has 0 radical (unpaired) electrons. The third-order valence-electron chi connectivity index (χ3n) is 3.09. The number of nitrogens with zero attached hydrogens (tertiary/aromatic N) is 2. The van der Waals surface area contributed by atoms with E-state index in [-0.39, 0.29) is 0 Å². The molecule has 0 unspecified atom stereocenters. The van der Waals surface area contributed by atoms with E-state index in [0.717, 1.165) is 29.2 Å². The first-order valence-corrected chi connectivity index (χ1v) is 6.49. The second-order valence-corrected chi connectivity index (χ2v) is 4.30. The van der Waals surface area contributed by atoms with Crippen LogP contribution in [0.4, 0.5) is 5.82 Å². The van der Waals surface area contributed by atoms with Gasteiger partial charge in [-0.25, -0.2) is 9.97 Å². The topological polar surface area (TPSA) is 56.3 Å². The Hall–Kier alpha value is -2.30. The Morgan fingerprint density at radius 2 is 1.85 bits per heavy atom. The van der Waals surface area contributed by atoms with Gasteiger partial charge in [-0.3, -0.25) is 0 Å². The Morgan fingerprint density at radius 3 is 2.50 bits per heavy atom. The second kappa shape index (κ2) is 6.23. The Labute approximate surface area is 119 Å². The fourth-order valence-corrected chi connectivity index (χ4v) is 2.07. The highest BCUT2D eigenvalue weighted by molar-refractivity contribution is 5.70. The third kappa shape index (κ3) is 2.66. The summed E-state index contributed by atoms with van der Waals surface area (Å²) in [5.41, 5.74) is 2.88. The van der Waals surface area contributed by atoms with Crippen molar-refractivity contribution in [3.05, 3.63) is 30.1 Å². The van der Waals surface area contributed by atoms with E-state index in [1.165, 1.54) is 0 Å². The van der Waals surface area contributed by atoms with Crippen LogP contribution in [0.25, 0.3) is 11.3 Å². The highest BCUT2D eigenvalue weighted by Crippen LogP contribution is 2.33. The predicted molar refractivity (Wildman–Crippen MR) is 79.5 cm³/mol. The van der Waals surface area contributed by atoms with Crippen molar-refractivity contribution < 1.29 is 9.47 Å². The van der Waals surface area contributed by atoms with Gasteiger partial charge in [-0.2, -0.15) is 0 Å². The lowest BCUT2D eigenvalue weighted by atomic mass is 10.1. The largest absolute Gasteiger partial charge is 0.493 e. The lowest BCUT2D eigenvalue weighted by molar-refractivity contribution is 0.355. The standard InChI is InChI=1S/C15H19N3O2/c1-5-16-15-10(2)14(17-9-18-15)11-6-7-12(19-3)13(8-11)20-4/h6-9H,5H2,1-4H3,(H,16,17,18). The van der Waals surface area contributed by atoms with Crippen molar-refractivity contribution in [2.75, 3.05) is 26.1 Å². The highest BCUT2D eigenvalue weighted by Gasteiger charge is 2.11. The summed E-state index contributed by atoms with van der Waals surface area (Å²) >= 11 is 0. The lowest BCUT2D eigenvalue weighted by Gasteiger charge is -2.12. The number of aromatic nitrogens is 2. The molecule has 0 aliphatic heterocycles.